The lowest BCUT2D eigenvalue weighted by Crippen LogP contribution is -2.33. The number of rotatable bonds is 4. The largest absolute Gasteiger partial charge is 0.496 e. The van der Waals surface area contributed by atoms with E-state index < -0.39 is 0 Å². The van der Waals surface area contributed by atoms with Gasteiger partial charge < -0.3 is 15.8 Å². The van der Waals surface area contributed by atoms with Crippen LogP contribution < -0.4 is 15.8 Å². The third-order valence-corrected chi connectivity index (χ3v) is 2.38. The van der Waals surface area contributed by atoms with E-state index in [4.69, 9.17) is 16.9 Å². The molecule has 1 unspecified atom stereocenters. The second-order valence-corrected chi connectivity index (χ2v) is 3.56. The Morgan fingerprint density at radius 1 is 1.65 bits per heavy atom. The molecule has 4 nitrogen and oxygen atoms in total. The van der Waals surface area contributed by atoms with Gasteiger partial charge in [0.2, 0.25) is 0 Å². The van der Waals surface area contributed by atoms with Gasteiger partial charge in [-0.05, 0) is 24.6 Å². The maximum Gasteiger partial charge on any atom is 0.256 e. The van der Waals surface area contributed by atoms with Crippen molar-refractivity contribution in [3.63, 3.8) is 0 Å². The summed E-state index contributed by atoms with van der Waals surface area (Å²) in [4.78, 5) is 12.0. The summed E-state index contributed by atoms with van der Waals surface area (Å²) in [6, 6.07) is 4.61. The smallest absolute Gasteiger partial charge is 0.256 e. The van der Waals surface area contributed by atoms with Gasteiger partial charge in [-0.3, -0.25) is 4.79 Å². The molecule has 17 heavy (non-hydrogen) atoms. The Bertz CT molecular complexity index is 449. The van der Waals surface area contributed by atoms with Crippen molar-refractivity contribution < 1.29 is 9.53 Å². The summed E-state index contributed by atoms with van der Waals surface area (Å²) in [5, 5.41) is 2.72. The number of methoxy groups -OCH3 is 1. The van der Waals surface area contributed by atoms with E-state index in [9.17, 15) is 4.79 Å². The molecule has 0 heterocycles. The van der Waals surface area contributed by atoms with Crippen LogP contribution in [0, 0.1) is 12.3 Å². The van der Waals surface area contributed by atoms with E-state index in [0.717, 1.165) is 0 Å². The van der Waals surface area contributed by atoms with Gasteiger partial charge in [-0.25, -0.2) is 0 Å². The number of carbonyl (C=O) groups is 1. The second-order valence-electron chi connectivity index (χ2n) is 3.56. The highest BCUT2D eigenvalue weighted by Crippen LogP contribution is 2.21. The Morgan fingerprint density at radius 3 is 2.88 bits per heavy atom. The second kappa shape index (κ2) is 5.80. The number of hydrogen-bond acceptors (Lipinski definition) is 3. The number of benzene rings is 1. The van der Waals surface area contributed by atoms with Crippen molar-refractivity contribution in [3.8, 4) is 18.1 Å². The average molecular weight is 232 g/mol. The molecule has 1 aromatic rings. The number of ether oxygens (including phenoxy) is 1. The molecule has 0 fully saturated rings. The summed E-state index contributed by atoms with van der Waals surface area (Å²) >= 11 is 0. The van der Waals surface area contributed by atoms with Crippen LogP contribution in [0.4, 0.5) is 5.69 Å². The van der Waals surface area contributed by atoms with E-state index >= 15 is 0 Å². The van der Waals surface area contributed by atoms with E-state index in [1.807, 2.05) is 6.92 Å². The first-order chi connectivity index (χ1) is 8.12. The van der Waals surface area contributed by atoms with Crippen LogP contribution in [0.3, 0.4) is 0 Å². The summed E-state index contributed by atoms with van der Waals surface area (Å²) < 4.78 is 5.10. The molecule has 0 aromatic heterocycles. The van der Waals surface area contributed by atoms with Crippen LogP contribution in [0.5, 0.6) is 5.75 Å². The Morgan fingerprint density at radius 2 is 2.35 bits per heavy atom. The molecular weight excluding hydrogens is 216 g/mol. The summed E-state index contributed by atoms with van der Waals surface area (Å²) in [7, 11) is 1.50. The van der Waals surface area contributed by atoms with Gasteiger partial charge in [-0.1, -0.05) is 12.8 Å². The minimum absolute atomic E-state index is 0.279. The summed E-state index contributed by atoms with van der Waals surface area (Å²) in [6.45, 7) is 1.90. The van der Waals surface area contributed by atoms with Gasteiger partial charge in [0.15, 0.2) is 0 Å². The molecule has 90 valence electrons. The summed E-state index contributed by atoms with van der Waals surface area (Å²) in [6.07, 6.45) is 5.96. The molecule has 1 aromatic carbocycles. The molecule has 4 heteroatoms. The predicted molar refractivity (Wildman–Crippen MR) is 67.8 cm³/mol. The van der Waals surface area contributed by atoms with Crippen LogP contribution in [0.2, 0.25) is 0 Å². The number of hydrogen-bond donors (Lipinski definition) is 2. The van der Waals surface area contributed by atoms with Crippen LogP contribution in [-0.2, 0) is 0 Å². The molecule has 0 aliphatic heterocycles. The fourth-order valence-corrected chi connectivity index (χ4v) is 1.40. The normalized spacial score (nSPS) is 11.4. The highest BCUT2D eigenvalue weighted by molar-refractivity contribution is 5.98. The molecular formula is C13H16N2O2. The molecule has 3 N–H and O–H groups in total. The van der Waals surface area contributed by atoms with Gasteiger partial charge in [0.25, 0.3) is 5.91 Å². The molecule has 1 rings (SSSR count). The van der Waals surface area contributed by atoms with Crippen LogP contribution in [0.25, 0.3) is 0 Å². The lowest BCUT2D eigenvalue weighted by molar-refractivity contribution is 0.0942. The molecule has 0 saturated carbocycles. The third-order valence-electron chi connectivity index (χ3n) is 2.38. The zero-order valence-electron chi connectivity index (χ0n) is 9.99. The Labute approximate surface area is 101 Å². The topological polar surface area (TPSA) is 64.4 Å². The van der Waals surface area contributed by atoms with Gasteiger partial charge in [0, 0.05) is 5.69 Å². The zero-order valence-corrected chi connectivity index (χ0v) is 9.99. The molecule has 1 amide bonds. The van der Waals surface area contributed by atoms with Crippen LogP contribution in [0.15, 0.2) is 18.2 Å². The predicted octanol–water partition coefficient (Wildman–Crippen LogP) is 1.42. The molecule has 0 bridgehead atoms. The van der Waals surface area contributed by atoms with E-state index in [1.165, 1.54) is 7.11 Å². The lowest BCUT2D eigenvalue weighted by atomic mass is 10.1. The van der Waals surface area contributed by atoms with Crippen molar-refractivity contribution in [2.75, 3.05) is 12.8 Å². The van der Waals surface area contributed by atoms with Gasteiger partial charge in [0.05, 0.1) is 18.7 Å². The standard InChI is InChI=1S/C13H16N2O2/c1-4-10(5-2)15-13(16)11-8-9(14)6-7-12(11)17-3/h1,6-8,10H,5,14H2,2-3H3,(H,15,16). The van der Waals surface area contributed by atoms with E-state index in [2.05, 4.69) is 11.2 Å². The molecule has 0 aliphatic carbocycles. The maximum atomic E-state index is 12.0. The average Bonchev–Trinajstić information content (AvgIpc) is 2.35. The van der Waals surface area contributed by atoms with Crippen LogP contribution in [0.1, 0.15) is 23.7 Å². The molecule has 0 saturated heterocycles. The Hall–Kier alpha value is -2.15. The zero-order chi connectivity index (χ0) is 12.8. The van der Waals surface area contributed by atoms with Gasteiger partial charge in [-0.2, -0.15) is 0 Å². The number of nitrogen functional groups attached to an aromatic ring is 1. The minimum Gasteiger partial charge on any atom is -0.496 e. The fourth-order valence-electron chi connectivity index (χ4n) is 1.40. The number of carbonyl (C=O) groups excluding carboxylic acids is 1. The lowest BCUT2D eigenvalue weighted by Gasteiger charge is -2.13. The van der Waals surface area contributed by atoms with Gasteiger partial charge >= 0.3 is 0 Å². The number of nitrogens with two attached hydrogens (primary N) is 1. The number of nitrogens with one attached hydrogen (secondary N) is 1. The first kappa shape index (κ1) is 12.9. The van der Waals surface area contributed by atoms with E-state index in [1.54, 1.807) is 18.2 Å². The molecule has 0 spiro atoms. The minimum atomic E-state index is -0.284. The third kappa shape index (κ3) is 3.15. The van der Waals surface area contributed by atoms with Crippen molar-refractivity contribution in [3.05, 3.63) is 23.8 Å². The quantitative estimate of drug-likeness (QED) is 0.609. The van der Waals surface area contributed by atoms with Gasteiger partial charge in [-0.15, -0.1) is 6.42 Å². The monoisotopic (exact) mass is 232 g/mol. The van der Waals surface area contributed by atoms with Crippen LogP contribution in [-0.4, -0.2) is 19.1 Å². The summed E-state index contributed by atoms with van der Waals surface area (Å²) in [5.41, 5.74) is 6.53. The number of anilines is 1. The van der Waals surface area contributed by atoms with Crippen molar-refractivity contribution in [1.29, 1.82) is 0 Å². The van der Waals surface area contributed by atoms with E-state index in [0.29, 0.717) is 23.4 Å². The first-order valence-corrected chi connectivity index (χ1v) is 5.32. The van der Waals surface area contributed by atoms with Crippen molar-refractivity contribution >= 4 is 11.6 Å². The number of terminal acetylenes is 1. The Balaban J connectivity index is 2.95. The van der Waals surface area contributed by atoms with Crippen LogP contribution >= 0.6 is 0 Å². The first-order valence-electron chi connectivity index (χ1n) is 5.32. The van der Waals surface area contributed by atoms with E-state index in [-0.39, 0.29) is 11.9 Å². The van der Waals surface area contributed by atoms with Crippen molar-refractivity contribution in [2.45, 2.75) is 19.4 Å². The Kier molecular flexibility index (Phi) is 4.41. The highest BCUT2D eigenvalue weighted by atomic mass is 16.5. The SMILES string of the molecule is C#CC(CC)NC(=O)c1cc(N)ccc1OC. The summed E-state index contributed by atoms with van der Waals surface area (Å²) in [5.74, 6) is 2.70. The van der Waals surface area contributed by atoms with Crippen molar-refractivity contribution in [1.82, 2.24) is 5.32 Å². The van der Waals surface area contributed by atoms with Gasteiger partial charge in [0.1, 0.15) is 5.75 Å². The number of amides is 1. The highest BCUT2D eigenvalue weighted by Gasteiger charge is 2.14. The fraction of sp³-hybridized carbons (Fsp3) is 0.308. The van der Waals surface area contributed by atoms with Crippen molar-refractivity contribution in [2.24, 2.45) is 0 Å². The maximum absolute atomic E-state index is 12.0. The molecule has 0 radical (unpaired) electrons. The molecule has 0 aliphatic rings. The molecule has 1 atom stereocenters.